The number of para-hydroxylation sites is 1. The van der Waals surface area contributed by atoms with Crippen molar-refractivity contribution in [2.24, 2.45) is 0 Å². The third kappa shape index (κ3) is 4.31. The lowest BCUT2D eigenvalue weighted by Gasteiger charge is -2.26. The maximum Gasteiger partial charge on any atom is 0.0540 e. The zero-order chi connectivity index (χ0) is 22.6. The van der Waals surface area contributed by atoms with Crippen molar-refractivity contribution >= 4 is 38.6 Å². The highest BCUT2D eigenvalue weighted by molar-refractivity contribution is 5.99. The van der Waals surface area contributed by atoms with E-state index in [0.717, 1.165) is 17.1 Å². The number of aryl methyl sites for hydroxylation is 2. The first-order chi connectivity index (χ1) is 16.2. The van der Waals surface area contributed by atoms with Crippen LogP contribution in [0.3, 0.4) is 0 Å². The molecule has 0 aliphatic carbocycles. The lowest BCUT2D eigenvalue weighted by atomic mass is 10.0. The van der Waals surface area contributed by atoms with Gasteiger partial charge in [-0.1, -0.05) is 103 Å². The summed E-state index contributed by atoms with van der Waals surface area (Å²) in [6.45, 7) is 4.32. The zero-order valence-electron chi connectivity index (χ0n) is 19.1. The van der Waals surface area contributed by atoms with Crippen molar-refractivity contribution in [2.75, 3.05) is 4.90 Å². The summed E-state index contributed by atoms with van der Waals surface area (Å²) in [5.41, 5.74) is 5.91. The summed E-state index contributed by atoms with van der Waals surface area (Å²) in [6, 6.07) is 45.5. The summed E-state index contributed by atoms with van der Waals surface area (Å²) >= 11 is 0. The Labute approximate surface area is 195 Å². The molecule has 160 valence electrons. The highest BCUT2D eigenvalue weighted by atomic mass is 15.1. The number of hydrogen-bond acceptors (Lipinski definition) is 1. The number of anilines is 3. The van der Waals surface area contributed by atoms with Gasteiger partial charge in [0.1, 0.15) is 0 Å². The maximum atomic E-state index is 2.36. The second-order valence-electron chi connectivity index (χ2n) is 8.42. The second-order valence-corrected chi connectivity index (χ2v) is 8.42. The minimum atomic E-state index is 1.13. The van der Waals surface area contributed by atoms with Crippen molar-refractivity contribution in [3.63, 3.8) is 0 Å². The Morgan fingerprint density at radius 2 is 0.970 bits per heavy atom. The minimum absolute atomic E-state index is 1.13. The Morgan fingerprint density at radius 3 is 1.67 bits per heavy atom. The molecule has 5 aromatic rings. The number of hydrogen-bond donors (Lipinski definition) is 0. The Kier molecular flexibility index (Phi) is 5.78. The molecule has 0 aliphatic rings. The molecule has 5 rings (SSSR count). The maximum absolute atomic E-state index is 2.36. The molecule has 0 aromatic heterocycles. The topological polar surface area (TPSA) is 3.24 Å². The third-order valence-electron chi connectivity index (χ3n) is 6.10. The van der Waals surface area contributed by atoms with Gasteiger partial charge in [-0.2, -0.15) is 0 Å². The van der Waals surface area contributed by atoms with E-state index in [9.17, 15) is 0 Å². The van der Waals surface area contributed by atoms with Gasteiger partial charge in [0.15, 0.2) is 0 Å². The second kappa shape index (κ2) is 9.18. The van der Waals surface area contributed by atoms with Crippen LogP contribution >= 0.6 is 0 Å². The van der Waals surface area contributed by atoms with Crippen LogP contribution in [-0.2, 0) is 0 Å². The smallest absolute Gasteiger partial charge is 0.0540 e. The number of benzene rings is 4. The first-order valence-corrected chi connectivity index (χ1v) is 11.4. The van der Waals surface area contributed by atoms with Gasteiger partial charge < -0.3 is 4.90 Å². The molecule has 5 aromatic carbocycles. The molecule has 1 heteroatoms. The molecule has 0 bridgehead atoms. The molecule has 0 saturated carbocycles. The normalized spacial score (nSPS) is 10.7. The summed E-state index contributed by atoms with van der Waals surface area (Å²) in [4.78, 5) is 2.36. The molecular weight excluding hydrogens is 398 g/mol. The predicted octanol–water partition coefficient (Wildman–Crippen LogP) is 9.20. The van der Waals surface area contributed by atoms with Gasteiger partial charge in [0.25, 0.3) is 0 Å². The number of nitrogens with zero attached hydrogens (tertiary/aromatic N) is 1. The van der Waals surface area contributed by atoms with Crippen LogP contribution in [0.2, 0.25) is 0 Å². The van der Waals surface area contributed by atoms with E-state index >= 15 is 0 Å². The molecule has 0 saturated heterocycles. The van der Waals surface area contributed by atoms with Crippen molar-refractivity contribution in [2.45, 2.75) is 13.8 Å². The molecule has 0 N–H and O–H groups in total. The molecule has 0 radical (unpaired) electrons. The van der Waals surface area contributed by atoms with Gasteiger partial charge in [0, 0.05) is 16.8 Å². The average Bonchev–Trinajstić information content (AvgIpc) is 2.87. The van der Waals surface area contributed by atoms with E-state index in [4.69, 9.17) is 0 Å². The monoisotopic (exact) mass is 425 g/mol. The van der Waals surface area contributed by atoms with Gasteiger partial charge in [0.05, 0.1) is 5.69 Å². The van der Waals surface area contributed by atoms with Crippen molar-refractivity contribution < 1.29 is 0 Å². The first kappa shape index (κ1) is 20.8. The average molecular weight is 426 g/mol. The molecule has 33 heavy (non-hydrogen) atoms. The van der Waals surface area contributed by atoms with Gasteiger partial charge in [-0.3, -0.25) is 0 Å². The van der Waals surface area contributed by atoms with Crippen LogP contribution in [0.5, 0.6) is 0 Å². The molecule has 0 amide bonds. The summed E-state index contributed by atoms with van der Waals surface area (Å²) in [6.07, 6.45) is 0. The predicted molar refractivity (Wildman–Crippen MR) is 143 cm³/mol. The van der Waals surface area contributed by atoms with E-state index in [2.05, 4.69) is 146 Å². The largest absolute Gasteiger partial charge is 0.310 e. The van der Waals surface area contributed by atoms with Crippen LogP contribution in [0.1, 0.15) is 11.1 Å². The van der Waals surface area contributed by atoms with Gasteiger partial charge in [-0.15, -0.1) is 0 Å². The van der Waals surface area contributed by atoms with Crippen molar-refractivity contribution in [1.82, 2.24) is 0 Å². The van der Waals surface area contributed by atoms with E-state index in [1.54, 1.807) is 0 Å². The van der Waals surface area contributed by atoms with Crippen LogP contribution in [0.25, 0.3) is 21.5 Å². The van der Waals surface area contributed by atoms with Crippen LogP contribution in [-0.4, -0.2) is 0 Å². The standard InChI is InChI=1S/C32H27N/c1-24-16-21-29(22-17-24)33(28-12-4-3-5-13-28)32-23-20-27-11-7-6-10-26(27)19-18-25(2)30-14-8-9-15-31(30)32/h3-23H,1-2H3. The van der Waals surface area contributed by atoms with Gasteiger partial charge in [-0.25, -0.2) is 0 Å². The van der Waals surface area contributed by atoms with Crippen molar-refractivity contribution in [1.29, 1.82) is 0 Å². The Bertz CT molecular complexity index is 1470. The molecule has 0 spiro atoms. The van der Waals surface area contributed by atoms with E-state index < -0.39 is 0 Å². The SMILES string of the molecule is Cc1ccc(N(c2ccccc2)c2ccc3ccccc3ccc(C)c3ccccc23)cc1. The summed E-state index contributed by atoms with van der Waals surface area (Å²) in [5.74, 6) is 0. The fraction of sp³-hybridized carbons (Fsp3) is 0.0625. The molecule has 0 fully saturated rings. The molecule has 0 heterocycles. The molecule has 0 atom stereocenters. The number of rotatable bonds is 3. The molecule has 1 nitrogen and oxygen atoms in total. The zero-order valence-corrected chi connectivity index (χ0v) is 19.1. The van der Waals surface area contributed by atoms with Gasteiger partial charge in [-0.05, 0) is 65.9 Å². The summed E-state index contributed by atoms with van der Waals surface area (Å²) < 4.78 is 0. The van der Waals surface area contributed by atoms with Crippen molar-refractivity contribution in [3.8, 4) is 0 Å². The molecule has 0 aliphatic heterocycles. The van der Waals surface area contributed by atoms with Gasteiger partial charge >= 0.3 is 0 Å². The molecular formula is C32H27N. The fourth-order valence-corrected chi connectivity index (χ4v) is 4.32. The summed E-state index contributed by atoms with van der Waals surface area (Å²) in [7, 11) is 0. The van der Waals surface area contributed by atoms with E-state index in [1.807, 2.05) is 0 Å². The third-order valence-corrected chi connectivity index (χ3v) is 6.10. The first-order valence-electron chi connectivity index (χ1n) is 11.4. The Balaban J connectivity index is 1.93. The van der Waals surface area contributed by atoms with Crippen molar-refractivity contribution in [3.05, 3.63) is 139 Å². The number of fused-ring (bicyclic) bond motifs is 2. The highest BCUT2D eigenvalue weighted by Gasteiger charge is 2.14. The van der Waals surface area contributed by atoms with Crippen LogP contribution < -0.4 is 4.90 Å². The minimum Gasteiger partial charge on any atom is -0.310 e. The highest BCUT2D eigenvalue weighted by Crippen LogP contribution is 2.38. The van der Waals surface area contributed by atoms with Crippen LogP contribution in [0, 0.1) is 13.8 Å². The van der Waals surface area contributed by atoms with E-state index in [1.165, 1.54) is 32.7 Å². The van der Waals surface area contributed by atoms with Crippen LogP contribution in [0.15, 0.2) is 127 Å². The Hall–Kier alpha value is -4.10. The lowest BCUT2D eigenvalue weighted by molar-refractivity contribution is 1.29. The lowest BCUT2D eigenvalue weighted by Crippen LogP contribution is -2.10. The summed E-state index contributed by atoms with van der Waals surface area (Å²) in [5, 5.41) is 4.87. The van der Waals surface area contributed by atoms with Gasteiger partial charge in [0.2, 0.25) is 0 Å². The Morgan fingerprint density at radius 1 is 0.424 bits per heavy atom. The van der Waals surface area contributed by atoms with Crippen LogP contribution in [0.4, 0.5) is 17.1 Å². The van der Waals surface area contributed by atoms with E-state index in [-0.39, 0.29) is 0 Å². The molecule has 0 unspecified atom stereocenters. The quantitative estimate of drug-likeness (QED) is 0.278. The van der Waals surface area contributed by atoms with E-state index in [0.29, 0.717) is 0 Å². The fourth-order valence-electron chi connectivity index (χ4n) is 4.32.